The van der Waals surface area contributed by atoms with Gasteiger partial charge < -0.3 is 5.32 Å². The summed E-state index contributed by atoms with van der Waals surface area (Å²) in [5.74, 6) is 0.0998. The fourth-order valence-electron chi connectivity index (χ4n) is 2.23. The Bertz CT molecular complexity index is 462. The Kier molecular flexibility index (Phi) is 6.24. The molecule has 1 amide bonds. The zero-order chi connectivity index (χ0) is 15.1. The lowest BCUT2D eigenvalue weighted by Crippen LogP contribution is -2.41. The van der Waals surface area contributed by atoms with Gasteiger partial charge in [-0.2, -0.15) is 5.26 Å². The number of amides is 1. The zero-order valence-corrected chi connectivity index (χ0v) is 12.8. The van der Waals surface area contributed by atoms with Crippen molar-refractivity contribution >= 4 is 5.91 Å². The molecule has 1 aromatic carbocycles. The molecule has 3 atom stereocenters. The molecular weight excluding hydrogens is 248 g/mol. The van der Waals surface area contributed by atoms with E-state index in [9.17, 15) is 4.79 Å². The van der Waals surface area contributed by atoms with Crippen molar-refractivity contribution in [2.24, 2.45) is 11.8 Å². The van der Waals surface area contributed by atoms with Gasteiger partial charge in [-0.25, -0.2) is 0 Å². The van der Waals surface area contributed by atoms with E-state index in [0.717, 1.165) is 12.0 Å². The molecule has 0 heterocycles. The number of benzene rings is 1. The summed E-state index contributed by atoms with van der Waals surface area (Å²) in [5.41, 5.74) is 1.01. The molecule has 0 saturated heterocycles. The highest BCUT2D eigenvalue weighted by Crippen LogP contribution is 2.27. The molecule has 0 aliphatic rings. The van der Waals surface area contributed by atoms with E-state index in [-0.39, 0.29) is 23.7 Å². The van der Waals surface area contributed by atoms with Gasteiger partial charge in [-0.1, -0.05) is 64.4 Å². The summed E-state index contributed by atoms with van der Waals surface area (Å²) in [5, 5.41) is 12.0. The molecule has 0 bridgehead atoms. The monoisotopic (exact) mass is 272 g/mol. The van der Waals surface area contributed by atoms with Crippen LogP contribution in [-0.2, 0) is 4.79 Å². The highest BCUT2D eigenvalue weighted by atomic mass is 16.2. The van der Waals surface area contributed by atoms with Gasteiger partial charge in [-0.05, 0) is 17.4 Å². The highest BCUT2D eigenvalue weighted by molar-refractivity contribution is 5.84. The fraction of sp³-hybridized carbons (Fsp3) is 0.529. The summed E-state index contributed by atoms with van der Waals surface area (Å²) in [6, 6.07) is 11.5. The van der Waals surface area contributed by atoms with Gasteiger partial charge in [-0.3, -0.25) is 4.79 Å². The van der Waals surface area contributed by atoms with Gasteiger partial charge in [0, 0.05) is 0 Å². The van der Waals surface area contributed by atoms with Crippen LogP contribution in [0.15, 0.2) is 30.3 Å². The van der Waals surface area contributed by atoms with Crippen molar-refractivity contribution in [2.75, 3.05) is 0 Å². The largest absolute Gasteiger partial charge is 0.340 e. The van der Waals surface area contributed by atoms with Crippen LogP contribution < -0.4 is 5.32 Å². The second-order valence-corrected chi connectivity index (χ2v) is 5.63. The summed E-state index contributed by atoms with van der Waals surface area (Å²) in [6.45, 7) is 8.04. The van der Waals surface area contributed by atoms with Crippen LogP contribution in [0.5, 0.6) is 0 Å². The Balaban J connectivity index is 2.95. The fourth-order valence-corrected chi connectivity index (χ4v) is 2.23. The molecule has 108 valence electrons. The first-order chi connectivity index (χ1) is 9.51. The normalized spacial score (nSPS) is 15.2. The second-order valence-electron chi connectivity index (χ2n) is 5.63. The van der Waals surface area contributed by atoms with Crippen molar-refractivity contribution in [1.82, 2.24) is 5.32 Å². The maximum Gasteiger partial charge on any atom is 0.228 e. The summed E-state index contributed by atoms with van der Waals surface area (Å²) in [7, 11) is 0. The van der Waals surface area contributed by atoms with Crippen LogP contribution in [0, 0.1) is 23.2 Å². The molecule has 1 aromatic rings. The minimum atomic E-state index is -0.433. The average Bonchev–Trinajstić information content (AvgIpc) is 2.45. The van der Waals surface area contributed by atoms with Gasteiger partial charge in [0.2, 0.25) is 5.91 Å². The number of nitrogens with zero attached hydrogens (tertiary/aromatic N) is 1. The van der Waals surface area contributed by atoms with E-state index in [2.05, 4.69) is 25.2 Å². The quantitative estimate of drug-likeness (QED) is 0.862. The average molecular weight is 272 g/mol. The van der Waals surface area contributed by atoms with Gasteiger partial charge in [0.05, 0.1) is 12.0 Å². The standard InChI is InChI=1S/C17H24N2O/c1-5-13(4)16(14-9-7-6-8-10-14)17(20)19-15(11-18)12(2)3/h6-10,12-13,15-16H,5H2,1-4H3,(H,19,20). The molecule has 0 aromatic heterocycles. The van der Waals surface area contributed by atoms with Crippen LogP contribution >= 0.6 is 0 Å². The Morgan fingerprint density at radius 2 is 1.85 bits per heavy atom. The molecule has 0 fully saturated rings. The number of carbonyl (C=O) groups is 1. The van der Waals surface area contributed by atoms with Crippen molar-refractivity contribution in [1.29, 1.82) is 5.26 Å². The number of nitriles is 1. The van der Waals surface area contributed by atoms with E-state index in [1.165, 1.54) is 0 Å². The summed E-state index contributed by atoms with van der Waals surface area (Å²) in [6.07, 6.45) is 0.922. The van der Waals surface area contributed by atoms with Crippen molar-refractivity contribution in [3.63, 3.8) is 0 Å². The lowest BCUT2D eigenvalue weighted by molar-refractivity contribution is -0.124. The summed E-state index contributed by atoms with van der Waals surface area (Å²) >= 11 is 0. The molecule has 0 aliphatic carbocycles. The van der Waals surface area contributed by atoms with Crippen molar-refractivity contribution in [2.45, 2.75) is 46.1 Å². The number of hydrogen-bond donors (Lipinski definition) is 1. The van der Waals surface area contributed by atoms with Crippen molar-refractivity contribution in [3.05, 3.63) is 35.9 Å². The third-order valence-electron chi connectivity index (χ3n) is 3.76. The molecule has 0 saturated carbocycles. The van der Waals surface area contributed by atoms with E-state index in [0.29, 0.717) is 0 Å². The predicted molar refractivity (Wildman–Crippen MR) is 81.0 cm³/mol. The Labute approximate surface area is 122 Å². The lowest BCUT2D eigenvalue weighted by Gasteiger charge is -2.25. The molecule has 0 aliphatic heterocycles. The number of nitrogens with one attached hydrogen (secondary N) is 1. The highest BCUT2D eigenvalue weighted by Gasteiger charge is 2.28. The van der Waals surface area contributed by atoms with Gasteiger partial charge >= 0.3 is 0 Å². The first-order valence-electron chi connectivity index (χ1n) is 7.26. The maximum absolute atomic E-state index is 12.6. The van der Waals surface area contributed by atoms with Crippen LogP contribution in [0.25, 0.3) is 0 Å². The van der Waals surface area contributed by atoms with Gasteiger partial charge in [0.1, 0.15) is 6.04 Å². The third kappa shape index (κ3) is 4.09. The number of hydrogen-bond acceptors (Lipinski definition) is 2. The molecule has 0 radical (unpaired) electrons. The van der Waals surface area contributed by atoms with E-state index < -0.39 is 6.04 Å². The Morgan fingerprint density at radius 3 is 2.30 bits per heavy atom. The molecular formula is C17H24N2O. The van der Waals surface area contributed by atoms with Crippen LogP contribution in [0.4, 0.5) is 0 Å². The van der Waals surface area contributed by atoms with Crippen molar-refractivity contribution < 1.29 is 4.79 Å². The summed E-state index contributed by atoms with van der Waals surface area (Å²) in [4.78, 5) is 12.6. The van der Waals surface area contributed by atoms with E-state index >= 15 is 0 Å². The van der Waals surface area contributed by atoms with Gasteiger partial charge in [0.25, 0.3) is 0 Å². The third-order valence-corrected chi connectivity index (χ3v) is 3.76. The molecule has 1 rings (SSSR count). The maximum atomic E-state index is 12.6. The van der Waals surface area contributed by atoms with E-state index in [1.807, 2.05) is 44.2 Å². The zero-order valence-electron chi connectivity index (χ0n) is 12.8. The lowest BCUT2D eigenvalue weighted by atomic mass is 9.84. The Morgan fingerprint density at radius 1 is 1.25 bits per heavy atom. The SMILES string of the molecule is CCC(C)C(C(=O)NC(C#N)C(C)C)c1ccccc1. The van der Waals surface area contributed by atoms with Crippen LogP contribution in [0.2, 0.25) is 0 Å². The minimum absolute atomic E-state index is 0.0502. The van der Waals surface area contributed by atoms with Crippen LogP contribution in [0.3, 0.4) is 0 Å². The molecule has 3 heteroatoms. The van der Waals surface area contributed by atoms with Crippen LogP contribution in [-0.4, -0.2) is 11.9 Å². The van der Waals surface area contributed by atoms with E-state index in [4.69, 9.17) is 5.26 Å². The molecule has 20 heavy (non-hydrogen) atoms. The minimum Gasteiger partial charge on any atom is -0.340 e. The first kappa shape index (κ1) is 16.2. The molecule has 0 spiro atoms. The first-order valence-corrected chi connectivity index (χ1v) is 7.26. The van der Waals surface area contributed by atoms with E-state index in [1.54, 1.807) is 0 Å². The molecule has 3 unspecified atom stereocenters. The molecule has 3 nitrogen and oxygen atoms in total. The molecule has 1 N–H and O–H groups in total. The topological polar surface area (TPSA) is 52.9 Å². The van der Waals surface area contributed by atoms with Crippen molar-refractivity contribution in [3.8, 4) is 6.07 Å². The second kappa shape index (κ2) is 7.69. The van der Waals surface area contributed by atoms with Gasteiger partial charge in [-0.15, -0.1) is 0 Å². The smallest absolute Gasteiger partial charge is 0.228 e. The predicted octanol–water partition coefficient (Wildman–Crippen LogP) is 3.48. The summed E-state index contributed by atoms with van der Waals surface area (Å²) < 4.78 is 0. The van der Waals surface area contributed by atoms with Crippen LogP contribution in [0.1, 0.15) is 45.6 Å². The number of rotatable bonds is 6. The number of carbonyl (C=O) groups excluding carboxylic acids is 1. The van der Waals surface area contributed by atoms with Gasteiger partial charge in [0.15, 0.2) is 0 Å². The Hall–Kier alpha value is -1.82.